The third-order valence-corrected chi connectivity index (χ3v) is 4.32. The summed E-state index contributed by atoms with van der Waals surface area (Å²) in [5.74, 6) is 2.34. The summed E-state index contributed by atoms with van der Waals surface area (Å²) in [4.78, 5) is 4.21. The number of pyridine rings is 1. The number of methoxy groups -OCH3 is 1. The number of nitrogens with zero attached hydrogens (tertiary/aromatic N) is 1. The van der Waals surface area contributed by atoms with Crippen LogP contribution in [0.2, 0.25) is 0 Å². The van der Waals surface area contributed by atoms with Crippen molar-refractivity contribution < 1.29 is 4.74 Å². The first-order chi connectivity index (χ1) is 10.3. The minimum Gasteiger partial charge on any atom is -0.497 e. The number of rotatable bonds is 6. The summed E-state index contributed by atoms with van der Waals surface area (Å²) in [7, 11) is 1.71. The Kier molecular flexibility index (Phi) is 4.20. The molecule has 1 N–H and O–H groups in total. The van der Waals surface area contributed by atoms with Crippen LogP contribution in [0.3, 0.4) is 0 Å². The fourth-order valence-electron chi connectivity index (χ4n) is 2.83. The zero-order valence-electron chi connectivity index (χ0n) is 12.6. The molecule has 3 atom stereocenters. The van der Waals surface area contributed by atoms with Gasteiger partial charge in [0.15, 0.2) is 0 Å². The van der Waals surface area contributed by atoms with Crippen LogP contribution < -0.4 is 10.1 Å². The first-order valence-electron chi connectivity index (χ1n) is 7.55. The van der Waals surface area contributed by atoms with Crippen molar-refractivity contribution in [1.82, 2.24) is 10.3 Å². The molecular formula is C18H22N2O. The molecule has 3 rings (SSSR count). The van der Waals surface area contributed by atoms with E-state index < -0.39 is 0 Å². The van der Waals surface area contributed by atoms with Gasteiger partial charge in [-0.15, -0.1) is 0 Å². The lowest BCUT2D eigenvalue weighted by Gasteiger charge is -2.15. The highest BCUT2D eigenvalue weighted by Gasteiger charge is 2.38. The molecule has 0 amide bonds. The summed E-state index contributed by atoms with van der Waals surface area (Å²) in [6.45, 7) is 3.26. The van der Waals surface area contributed by atoms with Crippen molar-refractivity contribution >= 4 is 0 Å². The number of hydrogen-bond donors (Lipinski definition) is 1. The molecule has 2 unspecified atom stereocenters. The van der Waals surface area contributed by atoms with Gasteiger partial charge in [-0.3, -0.25) is 4.98 Å². The molecular weight excluding hydrogens is 260 g/mol. The maximum absolute atomic E-state index is 5.28. The molecule has 3 nitrogen and oxygen atoms in total. The van der Waals surface area contributed by atoms with Gasteiger partial charge >= 0.3 is 0 Å². The zero-order valence-corrected chi connectivity index (χ0v) is 12.6. The molecule has 3 heteroatoms. The van der Waals surface area contributed by atoms with Gasteiger partial charge in [-0.05, 0) is 61.1 Å². The molecule has 0 aliphatic heterocycles. The second kappa shape index (κ2) is 6.27. The van der Waals surface area contributed by atoms with E-state index in [4.69, 9.17) is 4.74 Å². The van der Waals surface area contributed by atoms with E-state index in [1.165, 1.54) is 17.5 Å². The van der Waals surface area contributed by atoms with Gasteiger partial charge in [0.05, 0.1) is 7.11 Å². The van der Waals surface area contributed by atoms with Gasteiger partial charge in [-0.2, -0.15) is 0 Å². The predicted octanol–water partition coefficient (Wildman–Crippen LogP) is 3.54. The van der Waals surface area contributed by atoms with Crippen molar-refractivity contribution in [3.8, 4) is 5.75 Å². The Morgan fingerprint density at radius 1 is 1.33 bits per heavy atom. The lowest BCUT2D eigenvalue weighted by Crippen LogP contribution is -2.21. The Morgan fingerprint density at radius 2 is 2.24 bits per heavy atom. The Bertz CT molecular complexity index is 585. The number of nitrogens with one attached hydrogen (secondary N) is 1. The van der Waals surface area contributed by atoms with Crippen LogP contribution in [0.25, 0.3) is 0 Å². The second-order valence-corrected chi connectivity index (χ2v) is 5.80. The fourth-order valence-corrected chi connectivity index (χ4v) is 2.83. The van der Waals surface area contributed by atoms with Crippen molar-refractivity contribution in [2.75, 3.05) is 13.7 Å². The lowest BCUT2D eigenvalue weighted by atomic mass is 10.1. The van der Waals surface area contributed by atoms with E-state index in [9.17, 15) is 0 Å². The first kappa shape index (κ1) is 14.1. The van der Waals surface area contributed by atoms with Crippen molar-refractivity contribution in [2.24, 2.45) is 5.92 Å². The summed E-state index contributed by atoms with van der Waals surface area (Å²) < 4.78 is 5.28. The Hall–Kier alpha value is -1.87. The number of hydrogen-bond acceptors (Lipinski definition) is 3. The van der Waals surface area contributed by atoms with Crippen LogP contribution in [-0.4, -0.2) is 18.6 Å². The van der Waals surface area contributed by atoms with E-state index in [2.05, 4.69) is 35.4 Å². The topological polar surface area (TPSA) is 34.1 Å². The van der Waals surface area contributed by atoms with Gasteiger partial charge in [0.25, 0.3) is 0 Å². The molecule has 0 bridgehead atoms. The molecule has 110 valence electrons. The molecule has 0 saturated heterocycles. The highest BCUT2D eigenvalue weighted by molar-refractivity contribution is 5.30. The van der Waals surface area contributed by atoms with Crippen LogP contribution in [0, 0.1) is 5.92 Å². The van der Waals surface area contributed by atoms with Crippen LogP contribution in [0.4, 0.5) is 0 Å². The fraction of sp³-hybridized carbons (Fsp3) is 0.389. The monoisotopic (exact) mass is 282 g/mol. The highest BCUT2D eigenvalue weighted by atomic mass is 16.5. The molecule has 0 spiro atoms. The van der Waals surface area contributed by atoms with E-state index >= 15 is 0 Å². The smallest absolute Gasteiger partial charge is 0.119 e. The van der Waals surface area contributed by atoms with Crippen LogP contribution in [-0.2, 0) is 0 Å². The van der Waals surface area contributed by atoms with Gasteiger partial charge in [-0.1, -0.05) is 18.2 Å². The summed E-state index contributed by atoms with van der Waals surface area (Å²) in [5.41, 5.74) is 2.64. The average molecular weight is 282 g/mol. The van der Waals surface area contributed by atoms with Crippen LogP contribution in [0.5, 0.6) is 5.75 Å². The molecule has 0 radical (unpaired) electrons. The summed E-state index contributed by atoms with van der Waals surface area (Å²) in [6, 6.07) is 12.8. The molecule has 1 aliphatic carbocycles. The molecule has 1 saturated carbocycles. The van der Waals surface area contributed by atoms with E-state index in [0.717, 1.165) is 18.2 Å². The molecule has 1 aliphatic rings. The molecule has 1 fully saturated rings. The van der Waals surface area contributed by atoms with Gasteiger partial charge in [0.1, 0.15) is 5.75 Å². The molecule has 21 heavy (non-hydrogen) atoms. The molecule has 2 aromatic rings. The standard InChI is InChI=1S/C18H22N2O/c1-13(14-5-3-7-17(9-14)21-2)20-12-16-10-18(16)15-6-4-8-19-11-15/h3-9,11,13,16,18,20H,10,12H2,1-2H3/t13-,16?,18?/m1/s1. The van der Waals surface area contributed by atoms with Gasteiger partial charge in [0, 0.05) is 18.4 Å². The van der Waals surface area contributed by atoms with Gasteiger partial charge in [-0.25, -0.2) is 0 Å². The lowest BCUT2D eigenvalue weighted by molar-refractivity contribution is 0.413. The quantitative estimate of drug-likeness (QED) is 0.880. The summed E-state index contributed by atoms with van der Waals surface area (Å²) in [6.07, 6.45) is 5.10. The third-order valence-electron chi connectivity index (χ3n) is 4.32. The Morgan fingerprint density at radius 3 is 3.00 bits per heavy atom. The molecule has 1 heterocycles. The highest BCUT2D eigenvalue weighted by Crippen LogP contribution is 2.46. The summed E-state index contributed by atoms with van der Waals surface area (Å²) >= 11 is 0. The average Bonchev–Trinajstić information content (AvgIpc) is 3.33. The van der Waals surface area contributed by atoms with E-state index in [1.807, 2.05) is 30.6 Å². The van der Waals surface area contributed by atoms with Gasteiger partial charge in [0.2, 0.25) is 0 Å². The number of ether oxygens (including phenoxy) is 1. The summed E-state index contributed by atoms with van der Waals surface area (Å²) in [5, 5.41) is 3.64. The maximum atomic E-state index is 5.28. The van der Waals surface area contributed by atoms with Crippen LogP contribution >= 0.6 is 0 Å². The third kappa shape index (κ3) is 3.42. The van der Waals surface area contributed by atoms with Gasteiger partial charge < -0.3 is 10.1 Å². The maximum Gasteiger partial charge on any atom is 0.119 e. The second-order valence-electron chi connectivity index (χ2n) is 5.80. The Labute approximate surface area is 126 Å². The molecule has 1 aromatic heterocycles. The predicted molar refractivity (Wildman–Crippen MR) is 84.5 cm³/mol. The first-order valence-corrected chi connectivity index (χ1v) is 7.55. The van der Waals surface area contributed by atoms with Crippen molar-refractivity contribution in [3.63, 3.8) is 0 Å². The van der Waals surface area contributed by atoms with E-state index in [0.29, 0.717) is 12.0 Å². The SMILES string of the molecule is COc1cccc([C@@H](C)NCC2CC2c2cccnc2)c1. The zero-order chi connectivity index (χ0) is 14.7. The van der Waals surface area contributed by atoms with Crippen molar-refractivity contribution in [1.29, 1.82) is 0 Å². The van der Waals surface area contributed by atoms with E-state index in [1.54, 1.807) is 7.11 Å². The van der Waals surface area contributed by atoms with Crippen LogP contribution in [0.1, 0.15) is 36.4 Å². The van der Waals surface area contributed by atoms with E-state index in [-0.39, 0.29) is 0 Å². The largest absolute Gasteiger partial charge is 0.497 e. The minimum atomic E-state index is 0.343. The number of aromatic nitrogens is 1. The Balaban J connectivity index is 1.52. The normalized spacial score (nSPS) is 21.8. The minimum absolute atomic E-state index is 0.343. The number of benzene rings is 1. The van der Waals surface area contributed by atoms with Crippen molar-refractivity contribution in [2.45, 2.75) is 25.3 Å². The molecule has 1 aromatic carbocycles. The van der Waals surface area contributed by atoms with Crippen molar-refractivity contribution in [3.05, 3.63) is 59.9 Å². The van der Waals surface area contributed by atoms with Crippen LogP contribution in [0.15, 0.2) is 48.8 Å².